The van der Waals surface area contributed by atoms with Crippen molar-refractivity contribution in [2.45, 2.75) is 13.5 Å². The molecule has 0 aliphatic heterocycles. The van der Waals surface area contributed by atoms with E-state index in [0.717, 1.165) is 12.1 Å². The SMILES string of the molecule is CC#CCNCc1cncnc1. The number of aromatic nitrogens is 2. The van der Waals surface area contributed by atoms with Gasteiger partial charge in [0.1, 0.15) is 6.33 Å². The molecular weight excluding hydrogens is 150 g/mol. The van der Waals surface area contributed by atoms with Crippen LogP contribution in [0.15, 0.2) is 18.7 Å². The summed E-state index contributed by atoms with van der Waals surface area (Å²) in [7, 11) is 0. The lowest BCUT2D eigenvalue weighted by Crippen LogP contribution is -2.13. The highest BCUT2D eigenvalue weighted by molar-refractivity contribution is 5.03. The number of hydrogen-bond donors (Lipinski definition) is 1. The highest BCUT2D eigenvalue weighted by Crippen LogP contribution is 1.89. The van der Waals surface area contributed by atoms with Gasteiger partial charge in [0, 0.05) is 24.5 Å². The molecule has 62 valence electrons. The van der Waals surface area contributed by atoms with Crippen molar-refractivity contribution in [1.29, 1.82) is 0 Å². The van der Waals surface area contributed by atoms with E-state index in [2.05, 4.69) is 27.1 Å². The van der Waals surface area contributed by atoms with Crippen LogP contribution in [0.1, 0.15) is 12.5 Å². The summed E-state index contributed by atoms with van der Waals surface area (Å²) in [5, 5.41) is 3.15. The maximum Gasteiger partial charge on any atom is 0.115 e. The first kappa shape index (κ1) is 8.69. The van der Waals surface area contributed by atoms with Gasteiger partial charge >= 0.3 is 0 Å². The molecule has 0 aromatic carbocycles. The number of rotatable bonds is 3. The fourth-order valence-corrected chi connectivity index (χ4v) is 0.779. The van der Waals surface area contributed by atoms with E-state index in [4.69, 9.17) is 0 Å². The van der Waals surface area contributed by atoms with E-state index in [0.29, 0.717) is 6.54 Å². The molecule has 0 spiro atoms. The van der Waals surface area contributed by atoms with Gasteiger partial charge in [0.15, 0.2) is 0 Å². The van der Waals surface area contributed by atoms with Crippen molar-refractivity contribution in [3.63, 3.8) is 0 Å². The van der Waals surface area contributed by atoms with Crippen LogP contribution in [0, 0.1) is 11.8 Å². The van der Waals surface area contributed by atoms with Crippen LogP contribution in [-0.2, 0) is 6.54 Å². The zero-order valence-corrected chi connectivity index (χ0v) is 7.04. The summed E-state index contributed by atoms with van der Waals surface area (Å²) in [4.78, 5) is 7.79. The lowest BCUT2D eigenvalue weighted by molar-refractivity contribution is 0.762. The molecule has 0 unspecified atom stereocenters. The molecule has 0 bridgehead atoms. The normalized spacial score (nSPS) is 8.75. The van der Waals surface area contributed by atoms with Gasteiger partial charge in [-0.15, -0.1) is 5.92 Å². The maximum atomic E-state index is 3.90. The second kappa shape index (κ2) is 5.28. The molecule has 0 saturated heterocycles. The molecule has 1 aromatic rings. The summed E-state index contributed by atoms with van der Waals surface area (Å²) in [6.45, 7) is 3.31. The fourth-order valence-electron chi connectivity index (χ4n) is 0.779. The average Bonchev–Trinajstić information content (AvgIpc) is 2.14. The van der Waals surface area contributed by atoms with Gasteiger partial charge in [-0.25, -0.2) is 9.97 Å². The summed E-state index contributed by atoms with van der Waals surface area (Å²) in [6, 6.07) is 0. The van der Waals surface area contributed by atoms with Crippen molar-refractivity contribution >= 4 is 0 Å². The molecule has 0 radical (unpaired) electrons. The molecule has 1 aromatic heterocycles. The van der Waals surface area contributed by atoms with Gasteiger partial charge in [-0.05, 0) is 6.92 Å². The molecule has 0 aliphatic carbocycles. The van der Waals surface area contributed by atoms with Crippen molar-refractivity contribution < 1.29 is 0 Å². The highest BCUT2D eigenvalue weighted by atomic mass is 14.9. The zero-order valence-electron chi connectivity index (χ0n) is 7.04. The van der Waals surface area contributed by atoms with Crippen molar-refractivity contribution in [2.75, 3.05) is 6.54 Å². The van der Waals surface area contributed by atoms with Crippen LogP contribution in [0.25, 0.3) is 0 Å². The standard InChI is InChI=1S/C9H11N3/c1-2-3-4-10-5-9-6-11-8-12-7-9/h6-8,10H,4-5H2,1H3. The van der Waals surface area contributed by atoms with Crippen molar-refractivity contribution in [2.24, 2.45) is 0 Å². The Balaban J connectivity index is 2.27. The average molecular weight is 161 g/mol. The number of nitrogens with one attached hydrogen (secondary N) is 1. The van der Waals surface area contributed by atoms with Crippen LogP contribution in [0.3, 0.4) is 0 Å². The van der Waals surface area contributed by atoms with E-state index in [1.807, 2.05) is 6.92 Å². The van der Waals surface area contributed by atoms with E-state index < -0.39 is 0 Å². The lowest BCUT2D eigenvalue weighted by atomic mass is 10.3. The molecule has 1 rings (SSSR count). The first-order valence-corrected chi connectivity index (χ1v) is 3.77. The molecule has 0 aliphatic rings. The Bertz CT molecular complexity index is 271. The van der Waals surface area contributed by atoms with Gasteiger partial charge < -0.3 is 5.32 Å². The van der Waals surface area contributed by atoms with Crippen LogP contribution in [0.4, 0.5) is 0 Å². The highest BCUT2D eigenvalue weighted by Gasteiger charge is 1.88. The quantitative estimate of drug-likeness (QED) is 0.521. The monoisotopic (exact) mass is 161 g/mol. The summed E-state index contributed by atoms with van der Waals surface area (Å²) < 4.78 is 0. The first-order chi connectivity index (χ1) is 5.93. The maximum absolute atomic E-state index is 3.90. The second-order valence-corrected chi connectivity index (χ2v) is 2.28. The predicted molar refractivity (Wildman–Crippen MR) is 47.2 cm³/mol. The molecular formula is C9H11N3. The molecule has 0 amide bonds. The molecule has 12 heavy (non-hydrogen) atoms. The molecule has 0 saturated carbocycles. The van der Waals surface area contributed by atoms with E-state index >= 15 is 0 Å². The van der Waals surface area contributed by atoms with Gasteiger partial charge in [-0.2, -0.15) is 0 Å². The third-order valence-electron chi connectivity index (χ3n) is 1.33. The zero-order chi connectivity index (χ0) is 8.65. The molecule has 1 heterocycles. The molecule has 0 atom stereocenters. The Kier molecular flexibility index (Phi) is 3.82. The lowest BCUT2D eigenvalue weighted by Gasteiger charge is -1.98. The molecule has 3 heteroatoms. The van der Waals surface area contributed by atoms with Crippen molar-refractivity contribution in [3.05, 3.63) is 24.3 Å². The van der Waals surface area contributed by atoms with Crippen molar-refractivity contribution in [1.82, 2.24) is 15.3 Å². The Labute approximate surface area is 72.2 Å². The van der Waals surface area contributed by atoms with Crippen LogP contribution in [-0.4, -0.2) is 16.5 Å². The number of nitrogens with zero attached hydrogens (tertiary/aromatic N) is 2. The summed E-state index contributed by atoms with van der Waals surface area (Å²) in [5.41, 5.74) is 1.08. The van der Waals surface area contributed by atoms with Crippen LogP contribution in [0.2, 0.25) is 0 Å². The minimum atomic E-state index is 0.714. The third kappa shape index (κ3) is 3.13. The van der Waals surface area contributed by atoms with Gasteiger partial charge in [-0.1, -0.05) is 5.92 Å². The van der Waals surface area contributed by atoms with E-state index in [1.165, 1.54) is 6.33 Å². The van der Waals surface area contributed by atoms with Crippen LogP contribution in [0.5, 0.6) is 0 Å². The Morgan fingerprint density at radius 1 is 1.42 bits per heavy atom. The van der Waals surface area contributed by atoms with Crippen LogP contribution < -0.4 is 5.32 Å². The van der Waals surface area contributed by atoms with Crippen molar-refractivity contribution in [3.8, 4) is 11.8 Å². The third-order valence-corrected chi connectivity index (χ3v) is 1.33. The number of hydrogen-bond acceptors (Lipinski definition) is 3. The first-order valence-electron chi connectivity index (χ1n) is 3.77. The van der Waals surface area contributed by atoms with E-state index in [9.17, 15) is 0 Å². The summed E-state index contributed by atoms with van der Waals surface area (Å²) in [5.74, 6) is 5.73. The minimum Gasteiger partial charge on any atom is -0.302 e. The van der Waals surface area contributed by atoms with Gasteiger partial charge in [0.25, 0.3) is 0 Å². The summed E-state index contributed by atoms with van der Waals surface area (Å²) >= 11 is 0. The summed E-state index contributed by atoms with van der Waals surface area (Å²) in [6.07, 6.45) is 5.11. The molecule has 0 fully saturated rings. The second-order valence-electron chi connectivity index (χ2n) is 2.28. The minimum absolute atomic E-state index is 0.714. The Hall–Kier alpha value is -1.40. The smallest absolute Gasteiger partial charge is 0.115 e. The largest absolute Gasteiger partial charge is 0.302 e. The van der Waals surface area contributed by atoms with E-state index in [-0.39, 0.29) is 0 Å². The molecule has 3 nitrogen and oxygen atoms in total. The van der Waals surface area contributed by atoms with Gasteiger partial charge in [0.05, 0.1) is 6.54 Å². The fraction of sp³-hybridized carbons (Fsp3) is 0.333. The van der Waals surface area contributed by atoms with Gasteiger partial charge in [0.2, 0.25) is 0 Å². The van der Waals surface area contributed by atoms with Crippen LogP contribution >= 0.6 is 0 Å². The Morgan fingerprint density at radius 3 is 2.83 bits per heavy atom. The topological polar surface area (TPSA) is 37.8 Å². The molecule has 1 N–H and O–H groups in total. The Morgan fingerprint density at radius 2 is 2.17 bits per heavy atom. The van der Waals surface area contributed by atoms with Gasteiger partial charge in [-0.3, -0.25) is 0 Å². The van der Waals surface area contributed by atoms with E-state index in [1.54, 1.807) is 12.4 Å². The predicted octanol–water partition coefficient (Wildman–Crippen LogP) is 0.590.